The number of rotatable bonds is 2. The Morgan fingerprint density at radius 2 is 2.05 bits per heavy atom. The van der Waals surface area contributed by atoms with E-state index < -0.39 is 18.6 Å². The predicted molar refractivity (Wildman–Crippen MR) is 69.3 cm³/mol. The van der Waals surface area contributed by atoms with Crippen LogP contribution in [0.3, 0.4) is 0 Å². The largest absolute Gasteiger partial charge is 0.406 e. The molecule has 0 unspecified atom stereocenters. The number of halogens is 3. The zero-order chi connectivity index (χ0) is 14.8. The maximum atomic E-state index is 12.7. The van der Waals surface area contributed by atoms with E-state index >= 15 is 0 Å². The minimum absolute atomic E-state index is 0.0675. The highest BCUT2D eigenvalue weighted by molar-refractivity contribution is 5.90. The Bertz CT molecular complexity index is 578. The Morgan fingerprint density at radius 3 is 2.70 bits per heavy atom. The molecule has 1 heterocycles. The number of para-hydroxylation sites is 1. The Labute approximate surface area is 113 Å². The summed E-state index contributed by atoms with van der Waals surface area (Å²) in [5.74, 6) is -0.329. The highest BCUT2D eigenvalue weighted by Gasteiger charge is 2.31. The average molecular weight is 283 g/mol. The van der Waals surface area contributed by atoms with Crippen molar-refractivity contribution in [3.05, 3.63) is 41.8 Å². The van der Waals surface area contributed by atoms with E-state index in [2.05, 4.69) is 10.3 Å². The van der Waals surface area contributed by atoms with Gasteiger partial charge in [0.2, 0.25) is 5.91 Å². The molecule has 2 rings (SSSR count). The number of hydrogen-bond donors (Lipinski definition) is 1. The van der Waals surface area contributed by atoms with Crippen LogP contribution in [0.5, 0.6) is 0 Å². The normalized spacial score (nSPS) is 14.4. The van der Waals surface area contributed by atoms with Gasteiger partial charge >= 0.3 is 6.18 Å². The van der Waals surface area contributed by atoms with E-state index in [1.807, 2.05) is 0 Å². The van der Waals surface area contributed by atoms with E-state index in [9.17, 15) is 18.0 Å². The molecule has 0 aliphatic carbocycles. The smallest absolute Gasteiger partial charge is 0.335 e. The molecule has 0 saturated carbocycles. The highest BCUT2D eigenvalue weighted by Crippen LogP contribution is 2.27. The van der Waals surface area contributed by atoms with Crippen LogP contribution >= 0.6 is 0 Å². The van der Waals surface area contributed by atoms with Gasteiger partial charge in [0, 0.05) is 30.6 Å². The Kier molecular flexibility index (Phi) is 3.78. The van der Waals surface area contributed by atoms with Crippen LogP contribution in [-0.4, -0.2) is 24.8 Å². The van der Waals surface area contributed by atoms with Crippen molar-refractivity contribution in [2.24, 2.45) is 4.99 Å². The molecular formula is C13H12F3N3O. The van der Waals surface area contributed by atoms with E-state index in [0.29, 0.717) is 11.3 Å². The van der Waals surface area contributed by atoms with Crippen LogP contribution < -0.4 is 10.2 Å². The minimum Gasteiger partial charge on any atom is -0.335 e. The molecule has 0 spiro atoms. The van der Waals surface area contributed by atoms with Crippen molar-refractivity contribution >= 4 is 17.8 Å². The van der Waals surface area contributed by atoms with Crippen molar-refractivity contribution in [3.63, 3.8) is 0 Å². The first-order valence-electron chi connectivity index (χ1n) is 5.81. The third-order valence-corrected chi connectivity index (χ3v) is 2.52. The maximum Gasteiger partial charge on any atom is 0.406 e. The molecule has 0 fully saturated rings. The van der Waals surface area contributed by atoms with E-state index in [-0.39, 0.29) is 5.82 Å². The highest BCUT2D eigenvalue weighted by atomic mass is 19.4. The minimum atomic E-state index is -4.37. The Balaban J connectivity index is 2.40. The molecule has 20 heavy (non-hydrogen) atoms. The summed E-state index contributed by atoms with van der Waals surface area (Å²) in [6.07, 6.45) is -1.76. The van der Waals surface area contributed by atoms with Crippen LogP contribution in [0.1, 0.15) is 12.5 Å². The van der Waals surface area contributed by atoms with Crippen LogP contribution in [-0.2, 0) is 4.79 Å². The molecule has 1 N–H and O–H groups in total. The van der Waals surface area contributed by atoms with E-state index in [1.54, 1.807) is 24.3 Å². The molecular weight excluding hydrogens is 271 g/mol. The molecule has 1 aliphatic rings. The number of benzene rings is 1. The van der Waals surface area contributed by atoms with Crippen molar-refractivity contribution in [2.75, 3.05) is 11.4 Å². The third kappa shape index (κ3) is 3.59. The first-order chi connectivity index (χ1) is 9.35. The number of hydrogen-bond acceptors (Lipinski definition) is 3. The third-order valence-electron chi connectivity index (χ3n) is 2.52. The fourth-order valence-corrected chi connectivity index (χ4v) is 1.82. The number of amides is 1. The van der Waals surface area contributed by atoms with Crippen molar-refractivity contribution in [3.8, 4) is 0 Å². The number of aliphatic imine (C=N–C) groups is 1. The van der Waals surface area contributed by atoms with Gasteiger partial charge in [0.05, 0.1) is 0 Å². The molecule has 106 valence electrons. The number of alkyl halides is 3. The summed E-state index contributed by atoms with van der Waals surface area (Å²) >= 11 is 0. The topological polar surface area (TPSA) is 44.7 Å². The maximum absolute atomic E-state index is 12.7. The number of nitrogens with one attached hydrogen (secondary N) is 1. The van der Waals surface area contributed by atoms with Crippen LogP contribution in [0.25, 0.3) is 0 Å². The first kappa shape index (κ1) is 14.1. The second-order valence-electron chi connectivity index (χ2n) is 4.26. The van der Waals surface area contributed by atoms with Gasteiger partial charge in [0.1, 0.15) is 12.4 Å². The Hall–Kier alpha value is -2.31. The fraction of sp³-hybridized carbons (Fsp3) is 0.231. The van der Waals surface area contributed by atoms with Gasteiger partial charge in [-0.25, -0.2) is 4.99 Å². The summed E-state index contributed by atoms with van der Waals surface area (Å²) in [4.78, 5) is 16.0. The summed E-state index contributed by atoms with van der Waals surface area (Å²) in [5, 5.41) is 2.39. The number of nitrogens with zero attached hydrogens (tertiary/aromatic N) is 2. The van der Waals surface area contributed by atoms with Gasteiger partial charge < -0.3 is 10.2 Å². The summed E-state index contributed by atoms with van der Waals surface area (Å²) in [6.45, 7) is 0.110. The summed E-state index contributed by atoms with van der Waals surface area (Å²) in [5.41, 5.74) is 0.933. The second kappa shape index (κ2) is 5.36. The lowest BCUT2D eigenvalue weighted by Gasteiger charge is -2.23. The standard InChI is InChI=1S/C13H12F3N3O/c1-9(20)18-12-7-19(8-13(14,15)16)11-5-3-2-4-10(11)6-17-12/h2-7H,8H2,1H3,(H,18,20). The molecule has 4 nitrogen and oxygen atoms in total. The molecule has 7 heteroatoms. The molecule has 0 atom stereocenters. The zero-order valence-electron chi connectivity index (χ0n) is 10.6. The zero-order valence-corrected chi connectivity index (χ0v) is 10.6. The molecule has 1 amide bonds. The van der Waals surface area contributed by atoms with Gasteiger partial charge in [-0.2, -0.15) is 13.2 Å². The van der Waals surface area contributed by atoms with Crippen molar-refractivity contribution < 1.29 is 18.0 Å². The van der Waals surface area contributed by atoms with Crippen molar-refractivity contribution in [1.82, 2.24) is 5.32 Å². The molecule has 0 bridgehead atoms. The molecule has 1 aromatic rings. The van der Waals surface area contributed by atoms with E-state index in [4.69, 9.17) is 0 Å². The van der Waals surface area contributed by atoms with Crippen LogP contribution in [0, 0.1) is 0 Å². The lowest BCUT2D eigenvalue weighted by atomic mass is 10.2. The number of carbonyl (C=O) groups is 1. The van der Waals surface area contributed by atoms with Crippen LogP contribution in [0.2, 0.25) is 0 Å². The summed E-state index contributed by atoms with van der Waals surface area (Å²) in [7, 11) is 0. The van der Waals surface area contributed by atoms with E-state index in [0.717, 1.165) is 4.90 Å². The second-order valence-corrected chi connectivity index (χ2v) is 4.26. The van der Waals surface area contributed by atoms with Crippen molar-refractivity contribution in [1.29, 1.82) is 0 Å². The van der Waals surface area contributed by atoms with E-state index in [1.165, 1.54) is 19.3 Å². The summed E-state index contributed by atoms with van der Waals surface area (Å²) in [6, 6.07) is 6.58. The van der Waals surface area contributed by atoms with Gasteiger partial charge in [0.25, 0.3) is 0 Å². The van der Waals surface area contributed by atoms with Gasteiger partial charge in [-0.05, 0) is 6.07 Å². The summed E-state index contributed by atoms with van der Waals surface area (Å²) < 4.78 is 38.0. The van der Waals surface area contributed by atoms with Gasteiger partial charge in [-0.15, -0.1) is 0 Å². The molecule has 0 radical (unpaired) electrons. The molecule has 1 aliphatic heterocycles. The first-order valence-corrected chi connectivity index (χ1v) is 5.81. The predicted octanol–water partition coefficient (Wildman–Crippen LogP) is 2.42. The molecule has 0 saturated heterocycles. The van der Waals surface area contributed by atoms with Gasteiger partial charge in [0.15, 0.2) is 0 Å². The van der Waals surface area contributed by atoms with Crippen LogP contribution in [0.4, 0.5) is 18.9 Å². The molecule has 1 aromatic carbocycles. The Morgan fingerprint density at radius 1 is 1.35 bits per heavy atom. The fourth-order valence-electron chi connectivity index (χ4n) is 1.82. The number of carbonyl (C=O) groups excluding carboxylic acids is 1. The van der Waals surface area contributed by atoms with Gasteiger partial charge in [-0.3, -0.25) is 4.79 Å². The van der Waals surface area contributed by atoms with Crippen LogP contribution in [0.15, 0.2) is 41.3 Å². The lowest BCUT2D eigenvalue weighted by molar-refractivity contribution is -0.118. The molecule has 0 aromatic heterocycles. The quantitative estimate of drug-likeness (QED) is 0.906. The monoisotopic (exact) mass is 283 g/mol. The lowest BCUT2D eigenvalue weighted by Crippen LogP contribution is -2.31. The average Bonchev–Trinajstić information content (AvgIpc) is 2.48. The SMILES string of the molecule is CC(=O)NC1=CN(CC(F)(F)F)c2ccccc2C=N1. The van der Waals surface area contributed by atoms with Crippen molar-refractivity contribution in [2.45, 2.75) is 13.1 Å². The number of fused-ring (bicyclic) bond motifs is 1. The van der Waals surface area contributed by atoms with Gasteiger partial charge in [-0.1, -0.05) is 18.2 Å². The number of anilines is 1.